The average molecular weight is 429 g/mol. The van der Waals surface area contributed by atoms with Crippen molar-refractivity contribution in [3.05, 3.63) is 41.5 Å². The van der Waals surface area contributed by atoms with E-state index in [-0.39, 0.29) is 11.5 Å². The Morgan fingerprint density at radius 1 is 1.16 bits per heavy atom. The van der Waals surface area contributed by atoms with E-state index >= 15 is 0 Å². The Morgan fingerprint density at radius 3 is 2.45 bits per heavy atom. The van der Waals surface area contributed by atoms with Gasteiger partial charge in [-0.1, -0.05) is 44.5 Å². The van der Waals surface area contributed by atoms with Gasteiger partial charge in [0.05, 0.1) is 19.7 Å². The number of nitrogens with zero attached hydrogens (tertiary/aromatic N) is 4. The fraction of sp³-hybridized carbons (Fsp3) is 0.609. The van der Waals surface area contributed by atoms with Gasteiger partial charge in [-0.2, -0.15) is 4.98 Å². The summed E-state index contributed by atoms with van der Waals surface area (Å²) in [7, 11) is 3.47. The fourth-order valence-corrected chi connectivity index (χ4v) is 3.72. The Bertz CT molecular complexity index is 834. The molecule has 8 nitrogen and oxygen atoms in total. The van der Waals surface area contributed by atoms with Crippen LogP contribution < -0.4 is 15.4 Å². The normalized spacial score (nSPS) is 16.7. The highest BCUT2D eigenvalue weighted by molar-refractivity contribution is 5.79. The molecular weight excluding hydrogens is 392 g/mol. The monoisotopic (exact) mass is 428 g/mol. The summed E-state index contributed by atoms with van der Waals surface area (Å²) in [5.74, 6) is 2.85. The molecule has 0 spiro atoms. The maximum absolute atomic E-state index is 5.37. The van der Waals surface area contributed by atoms with Gasteiger partial charge < -0.3 is 19.9 Å². The number of benzene rings is 1. The number of aliphatic imine (C=N–C) groups is 1. The lowest BCUT2D eigenvalue weighted by Crippen LogP contribution is -2.44. The molecule has 2 N–H and O–H groups in total. The third kappa shape index (κ3) is 6.43. The molecule has 0 amide bonds. The number of methoxy groups -OCH3 is 1. The van der Waals surface area contributed by atoms with Gasteiger partial charge in [0.2, 0.25) is 5.89 Å². The van der Waals surface area contributed by atoms with E-state index in [1.165, 1.54) is 24.8 Å². The molecule has 0 radical (unpaired) electrons. The number of piperidine rings is 1. The van der Waals surface area contributed by atoms with Crippen LogP contribution in [0.3, 0.4) is 0 Å². The zero-order chi connectivity index (χ0) is 22.3. The van der Waals surface area contributed by atoms with Gasteiger partial charge in [-0.05, 0) is 43.6 Å². The summed E-state index contributed by atoms with van der Waals surface area (Å²) in [6, 6.07) is 8.64. The first-order valence-electron chi connectivity index (χ1n) is 11.1. The van der Waals surface area contributed by atoms with Crippen LogP contribution in [0.1, 0.15) is 63.4 Å². The summed E-state index contributed by atoms with van der Waals surface area (Å²) in [5.41, 5.74) is 1.12. The van der Waals surface area contributed by atoms with Gasteiger partial charge in [-0.15, -0.1) is 0 Å². The maximum Gasteiger partial charge on any atom is 0.232 e. The van der Waals surface area contributed by atoms with Crippen LogP contribution >= 0.6 is 0 Å². The lowest BCUT2D eigenvalue weighted by molar-refractivity contribution is 0.164. The fourth-order valence-electron chi connectivity index (χ4n) is 3.72. The van der Waals surface area contributed by atoms with Crippen LogP contribution in [0.5, 0.6) is 5.75 Å². The number of hydrogen-bond donors (Lipinski definition) is 2. The molecular formula is C23H36N6O2. The smallest absolute Gasteiger partial charge is 0.232 e. The number of nitrogens with one attached hydrogen (secondary N) is 2. The van der Waals surface area contributed by atoms with Crippen LogP contribution in [0, 0.1) is 0 Å². The molecule has 170 valence electrons. The van der Waals surface area contributed by atoms with E-state index in [1.54, 1.807) is 14.2 Å². The van der Waals surface area contributed by atoms with Crippen LogP contribution in [0.15, 0.2) is 33.8 Å². The molecule has 1 aromatic heterocycles. The van der Waals surface area contributed by atoms with Crippen LogP contribution in [0.2, 0.25) is 0 Å². The molecule has 31 heavy (non-hydrogen) atoms. The van der Waals surface area contributed by atoms with Crippen molar-refractivity contribution in [1.82, 2.24) is 25.7 Å². The van der Waals surface area contributed by atoms with Crippen molar-refractivity contribution in [1.29, 1.82) is 0 Å². The van der Waals surface area contributed by atoms with Crippen molar-refractivity contribution in [2.75, 3.05) is 33.8 Å². The van der Waals surface area contributed by atoms with Crippen molar-refractivity contribution in [2.45, 2.75) is 58.0 Å². The Morgan fingerprint density at radius 2 is 1.87 bits per heavy atom. The lowest BCUT2D eigenvalue weighted by atomic mass is 9.97. The molecule has 1 fully saturated rings. The zero-order valence-corrected chi connectivity index (χ0v) is 19.4. The number of ether oxygens (including phenoxy) is 1. The Labute approximate surface area is 185 Å². The standard InChI is InChI=1S/C23H36N6O2/c1-23(2,3)21-27-20(28-31-21)16-26-22(24-4)25-15-19(29-13-7-6-8-14-29)17-9-11-18(30-5)12-10-17/h9-12,19H,6-8,13-16H2,1-5H3,(H2,24,25,26). The molecule has 0 aliphatic carbocycles. The summed E-state index contributed by atoms with van der Waals surface area (Å²) in [6.07, 6.45) is 3.80. The highest BCUT2D eigenvalue weighted by Crippen LogP contribution is 2.26. The second kappa shape index (κ2) is 10.6. The second-order valence-corrected chi connectivity index (χ2v) is 8.96. The first-order valence-corrected chi connectivity index (χ1v) is 11.1. The van der Waals surface area contributed by atoms with E-state index < -0.39 is 0 Å². The first-order chi connectivity index (χ1) is 14.9. The van der Waals surface area contributed by atoms with Gasteiger partial charge in [-0.3, -0.25) is 9.89 Å². The predicted molar refractivity (Wildman–Crippen MR) is 122 cm³/mol. The molecule has 1 aliphatic rings. The van der Waals surface area contributed by atoms with Crippen molar-refractivity contribution in [2.24, 2.45) is 4.99 Å². The maximum atomic E-state index is 5.37. The first kappa shape index (κ1) is 23.1. The number of hydrogen-bond acceptors (Lipinski definition) is 6. The predicted octanol–water partition coefficient (Wildman–Crippen LogP) is 3.27. The van der Waals surface area contributed by atoms with Gasteiger partial charge in [0.15, 0.2) is 11.8 Å². The second-order valence-electron chi connectivity index (χ2n) is 8.96. The van der Waals surface area contributed by atoms with Gasteiger partial charge in [0.25, 0.3) is 0 Å². The molecule has 8 heteroatoms. The highest BCUT2D eigenvalue weighted by atomic mass is 16.5. The van der Waals surface area contributed by atoms with Crippen LogP contribution in [-0.4, -0.2) is 54.8 Å². The molecule has 3 rings (SSSR count). The Balaban J connectivity index is 1.62. The van der Waals surface area contributed by atoms with Crippen molar-refractivity contribution >= 4 is 5.96 Å². The van der Waals surface area contributed by atoms with E-state index in [9.17, 15) is 0 Å². The lowest BCUT2D eigenvalue weighted by Gasteiger charge is -2.35. The summed E-state index contributed by atoms with van der Waals surface area (Å²) in [6.45, 7) is 9.60. The summed E-state index contributed by atoms with van der Waals surface area (Å²) in [4.78, 5) is 11.4. The summed E-state index contributed by atoms with van der Waals surface area (Å²) in [5, 5.41) is 10.8. The van der Waals surface area contributed by atoms with Crippen LogP contribution in [0.25, 0.3) is 0 Å². The number of guanidine groups is 1. The summed E-state index contributed by atoms with van der Waals surface area (Å²) < 4.78 is 10.7. The molecule has 1 atom stereocenters. The van der Waals surface area contributed by atoms with Crippen molar-refractivity contribution in [3.63, 3.8) is 0 Å². The molecule has 0 saturated carbocycles. The molecule has 2 heterocycles. The average Bonchev–Trinajstić information content (AvgIpc) is 3.27. The SMILES string of the molecule is CN=C(NCc1noc(C(C)(C)C)n1)NCC(c1ccc(OC)cc1)N1CCCCC1. The highest BCUT2D eigenvalue weighted by Gasteiger charge is 2.23. The van der Waals surface area contributed by atoms with Crippen molar-refractivity contribution < 1.29 is 9.26 Å². The Kier molecular flexibility index (Phi) is 7.90. The van der Waals surface area contributed by atoms with Crippen LogP contribution in [0.4, 0.5) is 0 Å². The third-order valence-corrected chi connectivity index (χ3v) is 5.54. The number of likely N-dealkylation sites (tertiary alicyclic amines) is 1. The topological polar surface area (TPSA) is 87.8 Å². The van der Waals surface area contributed by atoms with E-state index in [0.29, 0.717) is 18.3 Å². The van der Waals surface area contributed by atoms with E-state index in [4.69, 9.17) is 9.26 Å². The van der Waals surface area contributed by atoms with Crippen molar-refractivity contribution in [3.8, 4) is 5.75 Å². The van der Waals surface area contributed by atoms with Gasteiger partial charge in [-0.25, -0.2) is 0 Å². The van der Waals surface area contributed by atoms with Gasteiger partial charge in [0, 0.05) is 19.0 Å². The molecule has 1 saturated heterocycles. The van der Waals surface area contributed by atoms with E-state index in [1.807, 2.05) is 12.1 Å². The molecule has 1 aromatic carbocycles. The number of aromatic nitrogens is 2. The zero-order valence-electron chi connectivity index (χ0n) is 19.4. The summed E-state index contributed by atoms with van der Waals surface area (Å²) >= 11 is 0. The minimum atomic E-state index is -0.162. The minimum absolute atomic E-state index is 0.162. The van der Waals surface area contributed by atoms with Gasteiger partial charge in [0.1, 0.15) is 5.75 Å². The third-order valence-electron chi connectivity index (χ3n) is 5.54. The Hall–Kier alpha value is -2.61. The molecule has 2 aromatic rings. The largest absolute Gasteiger partial charge is 0.497 e. The molecule has 0 bridgehead atoms. The quantitative estimate of drug-likeness (QED) is 0.517. The number of rotatable bonds is 7. The van der Waals surface area contributed by atoms with Gasteiger partial charge >= 0.3 is 0 Å². The molecule has 1 unspecified atom stereocenters. The van der Waals surface area contributed by atoms with Crippen LogP contribution in [-0.2, 0) is 12.0 Å². The minimum Gasteiger partial charge on any atom is -0.497 e. The van der Waals surface area contributed by atoms with E-state index in [2.05, 4.69) is 63.6 Å². The molecule has 1 aliphatic heterocycles. The van der Waals surface area contributed by atoms with E-state index in [0.717, 1.165) is 31.3 Å².